The highest BCUT2D eigenvalue weighted by Crippen LogP contribution is 2.35. The average Bonchev–Trinajstić information content (AvgIpc) is 2.46. The first kappa shape index (κ1) is 13.6. The average molecular weight is 393 g/mol. The smallest absolute Gasteiger partial charge is 0.219 e. The molecular weight excluding hydrogens is 382 g/mol. The maximum atomic E-state index is 5.87. The summed E-state index contributed by atoms with van der Waals surface area (Å²) in [4.78, 5) is 4.27. The van der Waals surface area contributed by atoms with Crippen LogP contribution in [0.5, 0.6) is 11.6 Å². The highest BCUT2D eigenvalue weighted by Gasteiger charge is 2.08. The normalized spacial score (nSPS) is 10.8. The number of aryl methyl sites for hydroxylation is 1. The first-order valence-corrected chi connectivity index (χ1v) is 7.71. The molecule has 0 aliphatic rings. The predicted molar refractivity (Wildman–Crippen MR) is 88.4 cm³/mol. The second kappa shape index (κ2) is 5.54. The van der Waals surface area contributed by atoms with Crippen molar-refractivity contribution in [2.75, 3.05) is 0 Å². The van der Waals surface area contributed by atoms with Crippen LogP contribution in [0.25, 0.3) is 10.8 Å². The summed E-state index contributed by atoms with van der Waals surface area (Å²) >= 11 is 7.04. The first-order valence-electron chi connectivity index (χ1n) is 6.12. The molecule has 2 nitrogen and oxygen atoms in total. The Kier molecular flexibility index (Phi) is 3.76. The molecule has 0 saturated heterocycles. The van der Waals surface area contributed by atoms with Gasteiger partial charge in [-0.3, -0.25) is 0 Å². The van der Waals surface area contributed by atoms with Gasteiger partial charge in [0.2, 0.25) is 5.88 Å². The minimum Gasteiger partial charge on any atom is -0.438 e. The standard InChI is InChI=1S/C16H11Br2NO/c1-10-8-15(19-9-13(10)17)20-14-7-6-11-4-2-3-5-12(11)16(14)18/h2-9H,1H3. The van der Waals surface area contributed by atoms with E-state index in [1.165, 1.54) is 5.39 Å². The lowest BCUT2D eigenvalue weighted by atomic mass is 10.1. The van der Waals surface area contributed by atoms with Crippen molar-refractivity contribution in [3.63, 3.8) is 0 Å². The van der Waals surface area contributed by atoms with E-state index in [0.717, 1.165) is 25.6 Å². The number of hydrogen-bond acceptors (Lipinski definition) is 2. The van der Waals surface area contributed by atoms with E-state index in [0.29, 0.717) is 5.88 Å². The van der Waals surface area contributed by atoms with Crippen LogP contribution in [0.1, 0.15) is 5.56 Å². The zero-order chi connectivity index (χ0) is 14.1. The summed E-state index contributed by atoms with van der Waals surface area (Å²) in [7, 11) is 0. The van der Waals surface area contributed by atoms with E-state index in [1.807, 2.05) is 37.3 Å². The summed E-state index contributed by atoms with van der Waals surface area (Å²) in [5.41, 5.74) is 1.09. The highest BCUT2D eigenvalue weighted by molar-refractivity contribution is 9.11. The Morgan fingerprint density at radius 3 is 2.65 bits per heavy atom. The molecule has 0 amide bonds. The van der Waals surface area contributed by atoms with E-state index in [9.17, 15) is 0 Å². The van der Waals surface area contributed by atoms with E-state index < -0.39 is 0 Å². The number of pyridine rings is 1. The van der Waals surface area contributed by atoms with Gasteiger partial charge < -0.3 is 4.74 Å². The molecule has 3 aromatic rings. The highest BCUT2D eigenvalue weighted by atomic mass is 79.9. The molecule has 0 N–H and O–H groups in total. The van der Waals surface area contributed by atoms with Crippen LogP contribution >= 0.6 is 31.9 Å². The van der Waals surface area contributed by atoms with Gasteiger partial charge in [0.15, 0.2) is 0 Å². The largest absolute Gasteiger partial charge is 0.438 e. The summed E-state index contributed by atoms with van der Waals surface area (Å²) in [5.74, 6) is 1.35. The molecule has 0 aliphatic carbocycles. The number of nitrogens with zero attached hydrogens (tertiary/aromatic N) is 1. The van der Waals surface area contributed by atoms with Gasteiger partial charge in [0, 0.05) is 16.7 Å². The third-order valence-electron chi connectivity index (χ3n) is 3.06. The molecule has 3 rings (SSSR count). The molecule has 0 atom stereocenters. The molecule has 0 bridgehead atoms. The second-order valence-electron chi connectivity index (χ2n) is 4.47. The van der Waals surface area contributed by atoms with Gasteiger partial charge in [0.25, 0.3) is 0 Å². The Hall–Kier alpha value is -1.39. The van der Waals surface area contributed by atoms with Gasteiger partial charge in [0.1, 0.15) is 5.75 Å². The van der Waals surface area contributed by atoms with Crippen LogP contribution in [0.2, 0.25) is 0 Å². The van der Waals surface area contributed by atoms with Gasteiger partial charge in [0.05, 0.1) is 4.47 Å². The fraction of sp³-hybridized carbons (Fsp3) is 0.0625. The van der Waals surface area contributed by atoms with Crippen LogP contribution in [-0.4, -0.2) is 4.98 Å². The van der Waals surface area contributed by atoms with Crippen LogP contribution in [0.3, 0.4) is 0 Å². The fourth-order valence-corrected chi connectivity index (χ4v) is 2.77. The van der Waals surface area contributed by atoms with E-state index in [-0.39, 0.29) is 0 Å². The van der Waals surface area contributed by atoms with Crippen LogP contribution in [0.15, 0.2) is 57.6 Å². The van der Waals surface area contributed by atoms with Gasteiger partial charge in [-0.15, -0.1) is 0 Å². The number of benzene rings is 2. The minimum atomic E-state index is 0.585. The molecule has 0 radical (unpaired) electrons. The number of halogens is 2. The summed E-state index contributed by atoms with van der Waals surface area (Å²) in [6.07, 6.45) is 1.75. The second-order valence-corrected chi connectivity index (χ2v) is 6.12. The van der Waals surface area contributed by atoms with Crippen molar-refractivity contribution in [3.8, 4) is 11.6 Å². The summed E-state index contributed by atoms with van der Waals surface area (Å²) in [6, 6.07) is 14.1. The van der Waals surface area contributed by atoms with Gasteiger partial charge >= 0.3 is 0 Å². The monoisotopic (exact) mass is 391 g/mol. The fourth-order valence-electron chi connectivity index (χ4n) is 1.97. The molecular formula is C16H11Br2NO. The van der Waals surface area contributed by atoms with Crippen molar-refractivity contribution >= 4 is 42.6 Å². The van der Waals surface area contributed by atoms with Crippen LogP contribution in [0.4, 0.5) is 0 Å². The lowest BCUT2D eigenvalue weighted by molar-refractivity contribution is 0.460. The van der Waals surface area contributed by atoms with E-state index in [2.05, 4.69) is 49.0 Å². The number of aromatic nitrogens is 1. The van der Waals surface area contributed by atoms with Crippen molar-refractivity contribution in [1.82, 2.24) is 4.98 Å². The van der Waals surface area contributed by atoms with Crippen molar-refractivity contribution < 1.29 is 4.74 Å². The Bertz CT molecular complexity index is 787. The predicted octanol–water partition coefficient (Wildman–Crippen LogP) is 5.86. The third-order valence-corrected chi connectivity index (χ3v) is 4.71. The SMILES string of the molecule is Cc1cc(Oc2ccc3ccccc3c2Br)ncc1Br. The number of ether oxygens (including phenoxy) is 1. The molecule has 20 heavy (non-hydrogen) atoms. The Balaban J connectivity index is 2.02. The van der Waals surface area contributed by atoms with Crippen LogP contribution < -0.4 is 4.74 Å². The van der Waals surface area contributed by atoms with Crippen LogP contribution in [0, 0.1) is 6.92 Å². The van der Waals surface area contributed by atoms with Gasteiger partial charge in [-0.2, -0.15) is 0 Å². The number of rotatable bonds is 2. The molecule has 0 saturated carbocycles. The van der Waals surface area contributed by atoms with Crippen molar-refractivity contribution in [3.05, 3.63) is 63.2 Å². The molecule has 0 unspecified atom stereocenters. The van der Waals surface area contributed by atoms with E-state index in [4.69, 9.17) is 4.74 Å². The zero-order valence-electron chi connectivity index (χ0n) is 10.7. The minimum absolute atomic E-state index is 0.585. The van der Waals surface area contributed by atoms with Crippen molar-refractivity contribution in [2.24, 2.45) is 0 Å². The van der Waals surface area contributed by atoms with E-state index in [1.54, 1.807) is 6.20 Å². The molecule has 1 heterocycles. The van der Waals surface area contributed by atoms with Crippen molar-refractivity contribution in [2.45, 2.75) is 6.92 Å². The Labute approximate surface area is 134 Å². The lowest BCUT2D eigenvalue weighted by Gasteiger charge is -2.10. The van der Waals surface area contributed by atoms with E-state index >= 15 is 0 Å². The molecule has 2 aromatic carbocycles. The Morgan fingerprint density at radius 2 is 1.85 bits per heavy atom. The molecule has 4 heteroatoms. The van der Waals surface area contributed by atoms with Gasteiger partial charge in [-0.1, -0.05) is 30.3 Å². The number of hydrogen-bond donors (Lipinski definition) is 0. The molecule has 1 aromatic heterocycles. The van der Waals surface area contributed by atoms with Gasteiger partial charge in [-0.05, 0) is 61.2 Å². The maximum Gasteiger partial charge on any atom is 0.219 e. The summed E-state index contributed by atoms with van der Waals surface area (Å²) in [6.45, 7) is 2.01. The summed E-state index contributed by atoms with van der Waals surface area (Å²) < 4.78 is 7.79. The van der Waals surface area contributed by atoms with Gasteiger partial charge in [-0.25, -0.2) is 4.98 Å². The molecule has 0 aliphatic heterocycles. The first-order chi connectivity index (χ1) is 9.65. The molecule has 0 fully saturated rings. The Morgan fingerprint density at radius 1 is 1.05 bits per heavy atom. The zero-order valence-corrected chi connectivity index (χ0v) is 13.9. The maximum absolute atomic E-state index is 5.87. The molecule has 100 valence electrons. The van der Waals surface area contributed by atoms with Crippen molar-refractivity contribution in [1.29, 1.82) is 0 Å². The third kappa shape index (κ3) is 2.58. The quantitative estimate of drug-likeness (QED) is 0.544. The molecule has 0 spiro atoms. The lowest BCUT2D eigenvalue weighted by Crippen LogP contribution is -1.90. The van der Waals surface area contributed by atoms with Crippen LogP contribution in [-0.2, 0) is 0 Å². The summed E-state index contributed by atoms with van der Waals surface area (Å²) in [5, 5.41) is 2.30. The topological polar surface area (TPSA) is 22.1 Å². The number of fused-ring (bicyclic) bond motifs is 1.